The van der Waals surface area contributed by atoms with Crippen LogP contribution >= 0.6 is 11.8 Å². The number of fused-ring (bicyclic) bond motifs is 1. The lowest BCUT2D eigenvalue weighted by Crippen LogP contribution is -2.38. The Bertz CT molecular complexity index is 394. The van der Waals surface area contributed by atoms with Crippen molar-refractivity contribution in [2.75, 3.05) is 12.3 Å². The summed E-state index contributed by atoms with van der Waals surface area (Å²) in [5, 5.41) is 7.78. The van der Waals surface area contributed by atoms with Gasteiger partial charge in [0, 0.05) is 24.0 Å². The number of carbonyl (C=O) groups excluding carboxylic acids is 2. The zero-order valence-electron chi connectivity index (χ0n) is 13.3. The molecule has 2 aliphatic rings. The van der Waals surface area contributed by atoms with Gasteiger partial charge in [0.1, 0.15) is 0 Å². The monoisotopic (exact) mass is 328 g/mol. The van der Waals surface area contributed by atoms with E-state index in [-0.39, 0.29) is 24.0 Å². The van der Waals surface area contributed by atoms with Crippen molar-refractivity contribution >= 4 is 23.7 Å². The van der Waals surface area contributed by atoms with Crippen LogP contribution in [0.3, 0.4) is 0 Å². The van der Waals surface area contributed by atoms with Crippen LogP contribution in [-0.2, 0) is 4.79 Å². The average molecular weight is 328 g/mol. The highest BCUT2D eigenvalue weighted by molar-refractivity contribution is 8.00. The SMILES string of the molecule is CCCCCN(N)C(=O)CCCC[C@@H]1SC[C@@H]2NC(=O)N[C@@H]21. The first kappa shape index (κ1) is 17.4. The van der Waals surface area contributed by atoms with Gasteiger partial charge in [-0.3, -0.25) is 9.80 Å². The molecule has 2 rings (SSSR count). The number of hydrogen-bond donors (Lipinski definition) is 3. The Morgan fingerprint density at radius 3 is 2.91 bits per heavy atom. The van der Waals surface area contributed by atoms with Gasteiger partial charge in [-0.1, -0.05) is 26.2 Å². The van der Waals surface area contributed by atoms with Crippen molar-refractivity contribution < 1.29 is 9.59 Å². The molecular weight excluding hydrogens is 300 g/mol. The predicted molar refractivity (Wildman–Crippen MR) is 89.4 cm³/mol. The minimum atomic E-state index is -0.0404. The summed E-state index contributed by atoms with van der Waals surface area (Å²) in [5.41, 5.74) is 0. The van der Waals surface area contributed by atoms with Crippen LogP contribution in [0.4, 0.5) is 4.79 Å². The maximum absolute atomic E-state index is 11.9. The number of nitrogens with zero attached hydrogens (tertiary/aromatic N) is 1. The number of amides is 3. The van der Waals surface area contributed by atoms with E-state index in [0.29, 0.717) is 18.2 Å². The third kappa shape index (κ3) is 4.78. The van der Waals surface area contributed by atoms with Crippen molar-refractivity contribution in [3.8, 4) is 0 Å². The van der Waals surface area contributed by atoms with Gasteiger partial charge in [-0.2, -0.15) is 11.8 Å². The highest BCUT2D eigenvalue weighted by atomic mass is 32.2. The molecule has 0 unspecified atom stereocenters. The first-order valence-electron chi connectivity index (χ1n) is 8.35. The van der Waals surface area contributed by atoms with Crippen molar-refractivity contribution in [3.05, 3.63) is 0 Å². The van der Waals surface area contributed by atoms with Crippen LogP contribution in [0, 0.1) is 0 Å². The van der Waals surface area contributed by atoms with Crippen molar-refractivity contribution in [1.29, 1.82) is 0 Å². The van der Waals surface area contributed by atoms with Gasteiger partial charge in [0.25, 0.3) is 0 Å². The maximum Gasteiger partial charge on any atom is 0.315 e. The molecule has 2 heterocycles. The Labute approximate surface area is 136 Å². The quantitative estimate of drug-likeness (QED) is 0.197. The van der Waals surface area contributed by atoms with Crippen LogP contribution in [0.25, 0.3) is 0 Å². The van der Waals surface area contributed by atoms with Crippen LogP contribution in [-0.4, -0.2) is 46.6 Å². The maximum atomic E-state index is 11.9. The Kier molecular flexibility index (Phi) is 6.82. The third-order valence-electron chi connectivity index (χ3n) is 4.39. The van der Waals surface area contributed by atoms with Gasteiger partial charge in [0.05, 0.1) is 12.1 Å². The highest BCUT2D eigenvalue weighted by Gasteiger charge is 2.42. The molecule has 0 bridgehead atoms. The van der Waals surface area contributed by atoms with Crippen molar-refractivity contribution in [1.82, 2.24) is 15.6 Å². The van der Waals surface area contributed by atoms with Crippen LogP contribution in [0.5, 0.6) is 0 Å². The molecule has 2 aliphatic heterocycles. The van der Waals surface area contributed by atoms with E-state index in [1.165, 1.54) is 5.01 Å². The summed E-state index contributed by atoms with van der Waals surface area (Å²) in [6.45, 7) is 2.79. The Morgan fingerprint density at radius 2 is 2.14 bits per heavy atom. The second kappa shape index (κ2) is 8.62. The topological polar surface area (TPSA) is 87.5 Å². The molecule has 3 amide bonds. The predicted octanol–water partition coefficient (Wildman–Crippen LogP) is 1.60. The van der Waals surface area contributed by atoms with Gasteiger partial charge in [-0.25, -0.2) is 10.6 Å². The van der Waals surface area contributed by atoms with E-state index in [1.807, 2.05) is 11.8 Å². The van der Waals surface area contributed by atoms with Crippen LogP contribution in [0.15, 0.2) is 0 Å². The van der Waals surface area contributed by atoms with E-state index in [0.717, 1.165) is 44.3 Å². The lowest BCUT2D eigenvalue weighted by molar-refractivity contribution is -0.131. The van der Waals surface area contributed by atoms with Crippen molar-refractivity contribution in [2.24, 2.45) is 5.84 Å². The summed E-state index contributed by atoms with van der Waals surface area (Å²) >= 11 is 1.92. The van der Waals surface area contributed by atoms with Gasteiger partial charge in [0.2, 0.25) is 5.91 Å². The minimum absolute atomic E-state index is 0.0404. The molecule has 4 N–H and O–H groups in total. The van der Waals surface area contributed by atoms with Gasteiger partial charge >= 0.3 is 6.03 Å². The van der Waals surface area contributed by atoms with Gasteiger partial charge in [-0.05, 0) is 19.3 Å². The molecule has 0 spiro atoms. The number of hydrazine groups is 1. The molecular formula is C15H28N4O2S. The fourth-order valence-electron chi connectivity index (χ4n) is 3.07. The number of hydrogen-bond acceptors (Lipinski definition) is 4. The molecule has 2 saturated heterocycles. The molecule has 0 aliphatic carbocycles. The summed E-state index contributed by atoms with van der Waals surface area (Å²) in [7, 11) is 0. The van der Waals surface area contributed by atoms with E-state index >= 15 is 0 Å². The average Bonchev–Trinajstić information content (AvgIpc) is 3.03. The fraction of sp³-hybridized carbons (Fsp3) is 0.867. The molecule has 126 valence electrons. The molecule has 0 aromatic carbocycles. The summed E-state index contributed by atoms with van der Waals surface area (Å²) in [5.74, 6) is 6.80. The lowest BCUT2D eigenvalue weighted by Gasteiger charge is -2.18. The number of thioether (sulfide) groups is 1. The number of rotatable bonds is 9. The van der Waals surface area contributed by atoms with Gasteiger partial charge in [0.15, 0.2) is 0 Å². The van der Waals surface area contributed by atoms with E-state index < -0.39 is 0 Å². The number of urea groups is 1. The first-order valence-corrected chi connectivity index (χ1v) is 9.40. The zero-order chi connectivity index (χ0) is 15.9. The Hall–Kier alpha value is -0.950. The molecule has 0 saturated carbocycles. The summed E-state index contributed by atoms with van der Waals surface area (Å²) in [6.07, 6.45) is 6.67. The molecule has 3 atom stereocenters. The molecule has 7 heteroatoms. The van der Waals surface area contributed by atoms with E-state index in [2.05, 4.69) is 17.6 Å². The van der Waals surface area contributed by atoms with Gasteiger partial charge < -0.3 is 10.6 Å². The molecule has 22 heavy (non-hydrogen) atoms. The fourth-order valence-corrected chi connectivity index (χ4v) is 4.61. The van der Waals surface area contributed by atoms with Crippen LogP contribution in [0.1, 0.15) is 51.9 Å². The second-order valence-corrected chi connectivity index (χ2v) is 7.43. The number of unbranched alkanes of at least 4 members (excludes halogenated alkanes) is 3. The first-order chi connectivity index (χ1) is 10.6. The zero-order valence-corrected chi connectivity index (χ0v) is 14.2. The largest absolute Gasteiger partial charge is 0.332 e. The number of nitrogens with one attached hydrogen (secondary N) is 2. The van der Waals surface area contributed by atoms with Crippen molar-refractivity contribution in [3.63, 3.8) is 0 Å². The number of carbonyl (C=O) groups is 2. The molecule has 0 aromatic heterocycles. The van der Waals surface area contributed by atoms with Gasteiger partial charge in [-0.15, -0.1) is 0 Å². The summed E-state index contributed by atoms with van der Waals surface area (Å²) in [6, 6.07) is 0.497. The molecule has 2 fully saturated rings. The third-order valence-corrected chi connectivity index (χ3v) is 5.90. The summed E-state index contributed by atoms with van der Waals surface area (Å²) < 4.78 is 0. The van der Waals surface area contributed by atoms with E-state index in [1.54, 1.807) is 0 Å². The van der Waals surface area contributed by atoms with Crippen molar-refractivity contribution in [2.45, 2.75) is 69.2 Å². The number of nitrogens with two attached hydrogens (primary N) is 1. The molecule has 0 radical (unpaired) electrons. The second-order valence-electron chi connectivity index (χ2n) is 6.16. The highest BCUT2D eigenvalue weighted by Crippen LogP contribution is 2.33. The lowest BCUT2D eigenvalue weighted by atomic mass is 10.0. The van der Waals surface area contributed by atoms with E-state index in [9.17, 15) is 9.59 Å². The summed E-state index contributed by atoms with van der Waals surface area (Å²) in [4.78, 5) is 23.2. The Morgan fingerprint density at radius 1 is 1.32 bits per heavy atom. The van der Waals surface area contributed by atoms with Crippen LogP contribution in [0.2, 0.25) is 0 Å². The normalized spacial score (nSPS) is 26.5. The molecule has 6 nitrogen and oxygen atoms in total. The molecule has 0 aromatic rings. The van der Waals surface area contributed by atoms with Crippen LogP contribution < -0.4 is 16.5 Å². The minimum Gasteiger partial charge on any atom is -0.332 e. The smallest absolute Gasteiger partial charge is 0.315 e. The Balaban J connectivity index is 1.57. The standard InChI is InChI=1S/C15H28N4O2S/c1-2-3-6-9-19(16)13(20)8-5-4-7-12-14-11(10-22-12)17-15(21)18-14/h11-12,14H,2-10,16H2,1H3,(H2,17,18,21)/t11-,12-,14-/m0/s1. The van der Waals surface area contributed by atoms with E-state index in [4.69, 9.17) is 5.84 Å².